The molecule has 0 atom stereocenters. The third kappa shape index (κ3) is 3.29. The predicted molar refractivity (Wildman–Crippen MR) is 89.7 cm³/mol. The van der Waals surface area contributed by atoms with Crippen LogP contribution in [-0.2, 0) is 16.0 Å². The molecule has 0 amide bonds. The minimum absolute atomic E-state index is 0.0205. The maximum absolute atomic E-state index is 12.8. The lowest BCUT2D eigenvalue weighted by atomic mass is 10.2. The van der Waals surface area contributed by atoms with Gasteiger partial charge in [0.2, 0.25) is 11.6 Å². The van der Waals surface area contributed by atoms with Crippen molar-refractivity contribution in [2.45, 2.75) is 36.8 Å². The van der Waals surface area contributed by atoms with Crippen molar-refractivity contribution in [2.75, 3.05) is 5.75 Å². The molecule has 1 aliphatic carbocycles. The molecule has 0 N–H and O–H groups in total. The fourth-order valence-corrected chi connectivity index (χ4v) is 3.79. The van der Waals surface area contributed by atoms with Gasteiger partial charge in [0, 0.05) is 6.20 Å². The summed E-state index contributed by atoms with van der Waals surface area (Å²) in [5.41, 5.74) is -0.554. The number of fused-ring (bicyclic) bond motifs is 1. The molecule has 1 fully saturated rings. The number of aromatic nitrogens is 3. The molecule has 0 saturated heterocycles. The number of sulfone groups is 1. The van der Waals surface area contributed by atoms with Gasteiger partial charge in [-0.2, -0.15) is 13.2 Å². The van der Waals surface area contributed by atoms with Crippen molar-refractivity contribution >= 4 is 21.1 Å². The number of hydrogen-bond acceptors (Lipinski definition) is 6. The number of pyridine rings is 2. The van der Waals surface area contributed by atoms with Gasteiger partial charge in [-0.15, -0.1) is 0 Å². The van der Waals surface area contributed by atoms with Crippen molar-refractivity contribution in [3.8, 4) is 11.6 Å². The van der Waals surface area contributed by atoms with Crippen LogP contribution in [0.2, 0.25) is 0 Å². The predicted octanol–water partition coefficient (Wildman–Crippen LogP) is 3.97. The normalized spacial score (nSPS) is 15.4. The maximum atomic E-state index is 12.8. The Morgan fingerprint density at radius 2 is 1.96 bits per heavy atom. The highest BCUT2D eigenvalue weighted by Gasteiger charge is 2.33. The highest BCUT2D eigenvalue weighted by Crippen LogP contribution is 2.41. The van der Waals surface area contributed by atoms with E-state index in [1.54, 1.807) is 12.3 Å². The van der Waals surface area contributed by atoms with E-state index in [9.17, 15) is 21.6 Å². The largest absolute Gasteiger partial charge is 0.433 e. The number of nitrogens with zero attached hydrogens (tertiary/aromatic N) is 3. The molecule has 4 rings (SSSR count). The number of alkyl halides is 3. The van der Waals surface area contributed by atoms with E-state index >= 15 is 0 Å². The molecule has 0 radical (unpaired) electrons. The van der Waals surface area contributed by atoms with Crippen LogP contribution in [0, 0.1) is 0 Å². The number of rotatable bonds is 4. The molecule has 6 nitrogen and oxygen atoms in total. The first kappa shape index (κ1) is 17.9. The Kier molecular flexibility index (Phi) is 3.99. The molecule has 0 aliphatic heterocycles. The molecule has 142 valence electrons. The standard InChI is InChI=1S/C17H14F3N3O3S/c1-2-27(24,25)12-7-10(9-3-4-9)8-21-14(12)16-22-11-5-6-13(17(18,19)20)23-15(11)26-16/h5-9H,2-4H2,1H3. The van der Waals surface area contributed by atoms with Gasteiger partial charge in [0.1, 0.15) is 16.9 Å². The molecule has 0 unspecified atom stereocenters. The first-order valence-corrected chi connectivity index (χ1v) is 9.92. The SMILES string of the molecule is CCS(=O)(=O)c1cc(C2CC2)cnc1-c1nc2ccc(C(F)(F)F)nc2o1. The molecule has 27 heavy (non-hydrogen) atoms. The van der Waals surface area contributed by atoms with Crippen LogP contribution in [0.3, 0.4) is 0 Å². The summed E-state index contributed by atoms with van der Waals surface area (Å²) in [4.78, 5) is 11.7. The van der Waals surface area contributed by atoms with E-state index in [2.05, 4.69) is 15.0 Å². The summed E-state index contributed by atoms with van der Waals surface area (Å²) in [5.74, 6) is -0.0323. The number of oxazole rings is 1. The lowest BCUT2D eigenvalue weighted by Gasteiger charge is -2.08. The quantitative estimate of drug-likeness (QED) is 0.662. The summed E-state index contributed by atoms with van der Waals surface area (Å²) in [6.45, 7) is 1.51. The number of hydrogen-bond donors (Lipinski definition) is 0. The van der Waals surface area contributed by atoms with E-state index in [-0.39, 0.29) is 39.4 Å². The third-order valence-corrected chi connectivity index (χ3v) is 6.13. The van der Waals surface area contributed by atoms with Crippen LogP contribution in [0.1, 0.15) is 36.9 Å². The average Bonchev–Trinajstić information content (AvgIpc) is 3.38. The van der Waals surface area contributed by atoms with Crippen LogP contribution in [0.5, 0.6) is 0 Å². The molecule has 0 bridgehead atoms. The smallest absolute Gasteiger partial charge is 0.416 e. The zero-order chi connectivity index (χ0) is 19.4. The van der Waals surface area contributed by atoms with Gasteiger partial charge in [0.05, 0.1) is 10.6 Å². The molecule has 1 aliphatic rings. The van der Waals surface area contributed by atoms with Crippen LogP contribution in [-0.4, -0.2) is 29.1 Å². The summed E-state index contributed by atoms with van der Waals surface area (Å²) >= 11 is 0. The summed E-state index contributed by atoms with van der Waals surface area (Å²) in [5, 5.41) is 0. The maximum Gasteiger partial charge on any atom is 0.433 e. The van der Waals surface area contributed by atoms with Crippen molar-refractivity contribution in [1.82, 2.24) is 15.0 Å². The summed E-state index contributed by atoms with van der Waals surface area (Å²) in [7, 11) is -3.64. The number of halogens is 3. The molecule has 0 aromatic carbocycles. The fourth-order valence-electron chi connectivity index (χ4n) is 2.73. The second-order valence-corrected chi connectivity index (χ2v) is 8.58. The minimum Gasteiger partial charge on any atom is -0.416 e. The van der Waals surface area contributed by atoms with Crippen molar-refractivity contribution in [2.24, 2.45) is 0 Å². The molecule has 3 aromatic heterocycles. The van der Waals surface area contributed by atoms with Crippen molar-refractivity contribution in [1.29, 1.82) is 0 Å². The Hall–Kier alpha value is -2.49. The van der Waals surface area contributed by atoms with Gasteiger partial charge in [0.15, 0.2) is 9.84 Å². The van der Waals surface area contributed by atoms with E-state index in [1.807, 2.05) is 0 Å². The lowest BCUT2D eigenvalue weighted by Crippen LogP contribution is -2.08. The van der Waals surface area contributed by atoms with E-state index in [1.165, 1.54) is 6.92 Å². The molecule has 10 heteroatoms. The molecule has 3 heterocycles. The highest BCUT2D eigenvalue weighted by atomic mass is 32.2. The summed E-state index contributed by atoms with van der Waals surface area (Å²) in [6.07, 6.45) is -1.12. The van der Waals surface area contributed by atoms with Crippen molar-refractivity contribution in [3.05, 3.63) is 35.7 Å². The second kappa shape index (κ2) is 6.01. The Bertz CT molecular complexity index is 1140. The van der Waals surface area contributed by atoms with Gasteiger partial charge < -0.3 is 4.42 Å². The van der Waals surface area contributed by atoms with Gasteiger partial charge in [-0.3, -0.25) is 0 Å². The monoisotopic (exact) mass is 397 g/mol. The lowest BCUT2D eigenvalue weighted by molar-refractivity contribution is -0.141. The average molecular weight is 397 g/mol. The Labute approximate surface area is 152 Å². The molecular formula is C17H14F3N3O3S. The first-order chi connectivity index (χ1) is 12.7. The van der Waals surface area contributed by atoms with E-state index < -0.39 is 21.7 Å². The molecule has 1 saturated carbocycles. The molecule has 3 aromatic rings. The van der Waals surface area contributed by atoms with Gasteiger partial charge in [-0.05, 0) is 42.5 Å². The topological polar surface area (TPSA) is 86.0 Å². The second-order valence-electron chi connectivity index (χ2n) is 6.33. The van der Waals surface area contributed by atoms with Crippen LogP contribution in [0.15, 0.2) is 33.7 Å². The van der Waals surface area contributed by atoms with Gasteiger partial charge >= 0.3 is 6.18 Å². The third-order valence-electron chi connectivity index (χ3n) is 4.39. The van der Waals surface area contributed by atoms with E-state index in [0.29, 0.717) is 0 Å². The Balaban J connectivity index is 1.87. The summed E-state index contributed by atoms with van der Waals surface area (Å²) in [6, 6.07) is 3.48. The minimum atomic E-state index is -4.62. The van der Waals surface area contributed by atoms with Crippen molar-refractivity contribution < 1.29 is 26.0 Å². The fraction of sp³-hybridized carbons (Fsp3) is 0.353. The zero-order valence-electron chi connectivity index (χ0n) is 14.1. The van der Waals surface area contributed by atoms with Crippen LogP contribution in [0.25, 0.3) is 22.8 Å². The van der Waals surface area contributed by atoms with Crippen LogP contribution >= 0.6 is 0 Å². The van der Waals surface area contributed by atoms with Gasteiger partial charge in [0.25, 0.3) is 0 Å². The summed E-state index contributed by atoms with van der Waals surface area (Å²) < 4.78 is 68.8. The van der Waals surface area contributed by atoms with Gasteiger partial charge in [-0.25, -0.2) is 23.4 Å². The van der Waals surface area contributed by atoms with Crippen molar-refractivity contribution in [3.63, 3.8) is 0 Å². The molecular weight excluding hydrogens is 383 g/mol. The van der Waals surface area contributed by atoms with Crippen LogP contribution in [0.4, 0.5) is 13.2 Å². The zero-order valence-corrected chi connectivity index (χ0v) is 14.9. The first-order valence-electron chi connectivity index (χ1n) is 8.27. The van der Waals surface area contributed by atoms with E-state index in [4.69, 9.17) is 4.42 Å². The highest BCUT2D eigenvalue weighted by molar-refractivity contribution is 7.91. The molecule has 0 spiro atoms. The Morgan fingerprint density at radius 3 is 2.59 bits per heavy atom. The van der Waals surface area contributed by atoms with Gasteiger partial charge in [-0.1, -0.05) is 6.92 Å². The Morgan fingerprint density at radius 1 is 1.22 bits per heavy atom. The van der Waals surface area contributed by atoms with Crippen LogP contribution < -0.4 is 0 Å². The van der Waals surface area contributed by atoms with E-state index in [0.717, 1.165) is 30.5 Å².